The van der Waals surface area contributed by atoms with Crippen LogP contribution in [0.4, 0.5) is 0 Å². The second-order valence-corrected chi connectivity index (χ2v) is 5.95. The highest BCUT2D eigenvalue weighted by atomic mass is 16.4. The van der Waals surface area contributed by atoms with E-state index in [-0.39, 0.29) is 11.8 Å². The molecule has 0 radical (unpaired) electrons. The van der Waals surface area contributed by atoms with Crippen LogP contribution in [0.2, 0.25) is 0 Å². The molecule has 3 aliphatic rings. The van der Waals surface area contributed by atoms with Gasteiger partial charge >= 0.3 is 0 Å². The second kappa shape index (κ2) is 4.53. The number of hydrogen-bond donors (Lipinski definition) is 2. The molecule has 0 spiro atoms. The lowest BCUT2D eigenvalue weighted by molar-refractivity contribution is -0.123. The second-order valence-electron chi connectivity index (χ2n) is 5.95. The lowest BCUT2D eigenvalue weighted by Crippen LogP contribution is -2.49. The Morgan fingerprint density at radius 2 is 2.00 bits per heavy atom. The van der Waals surface area contributed by atoms with Gasteiger partial charge in [-0.1, -0.05) is 5.16 Å². The number of likely N-dealkylation sites (tertiary alicyclic amines) is 1. The maximum absolute atomic E-state index is 11.2. The van der Waals surface area contributed by atoms with Gasteiger partial charge in [0.1, 0.15) is 0 Å². The number of nitrogens with zero attached hydrogens (tertiary/aromatic N) is 2. The molecule has 3 rings (SSSR count). The monoisotopic (exact) mass is 251 g/mol. The van der Waals surface area contributed by atoms with Crippen molar-refractivity contribution < 1.29 is 10.0 Å². The summed E-state index contributed by atoms with van der Waals surface area (Å²) in [5.41, 5.74) is 6.35. The Bertz CT molecular complexity index is 374. The van der Waals surface area contributed by atoms with Crippen LogP contribution < -0.4 is 5.73 Å². The van der Waals surface area contributed by atoms with Crippen molar-refractivity contribution in [3.63, 3.8) is 0 Å². The van der Waals surface area contributed by atoms with Gasteiger partial charge in [0, 0.05) is 11.8 Å². The number of fused-ring (bicyclic) bond motifs is 2. The van der Waals surface area contributed by atoms with E-state index in [2.05, 4.69) is 10.1 Å². The zero-order valence-electron chi connectivity index (χ0n) is 10.6. The fourth-order valence-electron chi connectivity index (χ4n) is 4.14. The van der Waals surface area contributed by atoms with Crippen molar-refractivity contribution in [2.24, 2.45) is 28.6 Å². The number of oxime groups is 1. The van der Waals surface area contributed by atoms with Crippen LogP contribution in [-0.4, -0.2) is 40.9 Å². The van der Waals surface area contributed by atoms with Crippen molar-refractivity contribution >= 4 is 11.6 Å². The maximum atomic E-state index is 11.2. The van der Waals surface area contributed by atoms with Crippen LogP contribution in [-0.2, 0) is 4.79 Å². The molecule has 2 aliphatic carbocycles. The van der Waals surface area contributed by atoms with E-state index in [9.17, 15) is 10.0 Å². The summed E-state index contributed by atoms with van der Waals surface area (Å²) in [6.45, 7) is 1.81. The molecule has 1 heterocycles. The molecule has 0 aromatic carbocycles. The van der Waals surface area contributed by atoms with Crippen LogP contribution in [0.25, 0.3) is 0 Å². The van der Waals surface area contributed by atoms with Crippen molar-refractivity contribution in [2.45, 2.75) is 38.1 Å². The lowest BCUT2D eigenvalue weighted by atomic mass is 9.88. The van der Waals surface area contributed by atoms with Crippen LogP contribution in [0.15, 0.2) is 5.16 Å². The van der Waals surface area contributed by atoms with Gasteiger partial charge in [0.15, 0.2) is 0 Å². The van der Waals surface area contributed by atoms with Gasteiger partial charge < -0.3 is 10.9 Å². The zero-order valence-corrected chi connectivity index (χ0v) is 10.6. The van der Waals surface area contributed by atoms with Crippen LogP contribution in [0, 0.1) is 17.8 Å². The molecule has 2 bridgehead atoms. The third-order valence-electron chi connectivity index (χ3n) is 5.08. The third kappa shape index (κ3) is 1.81. The van der Waals surface area contributed by atoms with Gasteiger partial charge in [-0.3, -0.25) is 9.69 Å². The van der Waals surface area contributed by atoms with Gasteiger partial charge in [0.2, 0.25) is 5.91 Å². The lowest BCUT2D eigenvalue weighted by Gasteiger charge is -2.38. The molecule has 0 aromatic rings. The van der Waals surface area contributed by atoms with Gasteiger partial charge in [-0.25, -0.2) is 0 Å². The van der Waals surface area contributed by atoms with Gasteiger partial charge in [-0.05, 0) is 51.1 Å². The Kier molecular flexibility index (Phi) is 3.01. The fraction of sp³-hybridized carbons (Fsp3) is 0.846. The molecule has 3 atom stereocenters. The van der Waals surface area contributed by atoms with Crippen molar-refractivity contribution in [2.75, 3.05) is 13.1 Å². The van der Waals surface area contributed by atoms with E-state index in [0.29, 0.717) is 17.9 Å². The molecule has 1 amide bonds. The molecule has 100 valence electrons. The van der Waals surface area contributed by atoms with E-state index in [1.165, 1.54) is 19.3 Å². The van der Waals surface area contributed by atoms with E-state index in [0.717, 1.165) is 31.6 Å². The Hall–Kier alpha value is -1.10. The van der Waals surface area contributed by atoms with Crippen molar-refractivity contribution in [1.29, 1.82) is 0 Å². The number of hydrogen-bond acceptors (Lipinski definition) is 4. The summed E-state index contributed by atoms with van der Waals surface area (Å²) in [6, 6.07) is 0.322. The largest absolute Gasteiger partial charge is 0.411 e. The predicted molar refractivity (Wildman–Crippen MR) is 67.3 cm³/mol. The molecule has 3 N–H and O–H groups in total. The van der Waals surface area contributed by atoms with E-state index in [4.69, 9.17) is 5.73 Å². The van der Waals surface area contributed by atoms with Crippen molar-refractivity contribution in [3.05, 3.63) is 0 Å². The molecule has 5 heteroatoms. The summed E-state index contributed by atoms with van der Waals surface area (Å²) in [4.78, 5) is 13.6. The molecule has 0 unspecified atom stereocenters. The maximum Gasteiger partial charge on any atom is 0.220 e. The Morgan fingerprint density at radius 3 is 2.61 bits per heavy atom. The first-order valence-corrected chi connectivity index (χ1v) is 6.96. The molecular weight excluding hydrogens is 230 g/mol. The van der Waals surface area contributed by atoms with Crippen LogP contribution in [0.5, 0.6) is 0 Å². The minimum atomic E-state index is -0.168. The Morgan fingerprint density at radius 1 is 1.28 bits per heavy atom. The van der Waals surface area contributed by atoms with E-state index >= 15 is 0 Å². The van der Waals surface area contributed by atoms with E-state index in [1.54, 1.807) is 0 Å². The number of carbonyl (C=O) groups is 1. The minimum Gasteiger partial charge on any atom is -0.411 e. The minimum absolute atomic E-state index is 0.0364. The highest BCUT2D eigenvalue weighted by Gasteiger charge is 2.48. The highest BCUT2D eigenvalue weighted by molar-refractivity contribution is 5.94. The molecule has 18 heavy (non-hydrogen) atoms. The van der Waals surface area contributed by atoms with Crippen LogP contribution >= 0.6 is 0 Å². The summed E-state index contributed by atoms with van der Waals surface area (Å²) >= 11 is 0. The summed E-state index contributed by atoms with van der Waals surface area (Å²) in [5.74, 6) is 1.03. The summed E-state index contributed by atoms with van der Waals surface area (Å²) < 4.78 is 0. The van der Waals surface area contributed by atoms with Crippen LogP contribution in [0.1, 0.15) is 32.1 Å². The van der Waals surface area contributed by atoms with Crippen molar-refractivity contribution in [1.82, 2.24) is 4.90 Å². The quantitative estimate of drug-likeness (QED) is 0.563. The summed E-state index contributed by atoms with van der Waals surface area (Å²) in [7, 11) is 0. The highest BCUT2D eigenvalue weighted by Crippen LogP contribution is 2.45. The Balaban J connectivity index is 1.68. The molecule has 2 saturated carbocycles. The van der Waals surface area contributed by atoms with Gasteiger partial charge in [0.25, 0.3) is 0 Å². The Labute approximate surface area is 107 Å². The molecule has 1 aliphatic heterocycles. The number of amides is 1. The average Bonchev–Trinajstić information content (AvgIpc) is 2.98. The number of rotatable bonds is 2. The van der Waals surface area contributed by atoms with Gasteiger partial charge in [-0.2, -0.15) is 0 Å². The number of carbonyl (C=O) groups excluding carboxylic acids is 1. The first-order chi connectivity index (χ1) is 8.70. The standard InChI is InChI=1S/C13H21N3O2/c14-13(17)8-3-5-16(6-4-8)12-10-2-1-9(7-10)11(12)15-18/h8-10,12,18H,1-7H2,(H2,14,17)/b15-11-/t9-,10-,12-/m0/s1. The summed E-state index contributed by atoms with van der Waals surface area (Å²) in [5, 5.41) is 12.8. The topological polar surface area (TPSA) is 78.9 Å². The number of piperidine rings is 1. The molecule has 3 fully saturated rings. The SMILES string of the molecule is NC(=O)C1CCN([C@@H]2/C(=N\O)[C@H]3CC[C@H]2C3)CC1. The van der Waals surface area contributed by atoms with Gasteiger partial charge in [0.05, 0.1) is 11.8 Å². The molecule has 5 nitrogen and oxygen atoms in total. The first kappa shape index (κ1) is 12.0. The third-order valence-corrected chi connectivity index (χ3v) is 5.08. The van der Waals surface area contributed by atoms with Crippen LogP contribution in [0.3, 0.4) is 0 Å². The molecule has 1 saturated heterocycles. The molecule has 0 aromatic heterocycles. The zero-order chi connectivity index (χ0) is 12.7. The molecular formula is C13H21N3O2. The first-order valence-electron chi connectivity index (χ1n) is 6.96. The average molecular weight is 251 g/mol. The fourth-order valence-corrected chi connectivity index (χ4v) is 4.14. The number of primary amides is 1. The van der Waals surface area contributed by atoms with E-state index in [1.807, 2.05) is 0 Å². The normalized spacial score (nSPS) is 39.6. The van der Waals surface area contributed by atoms with Crippen molar-refractivity contribution in [3.8, 4) is 0 Å². The summed E-state index contributed by atoms with van der Waals surface area (Å²) in [6.07, 6.45) is 5.31. The van der Waals surface area contributed by atoms with Gasteiger partial charge in [-0.15, -0.1) is 0 Å². The van der Waals surface area contributed by atoms with E-state index < -0.39 is 0 Å². The number of nitrogens with two attached hydrogens (primary N) is 1. The smallest absolute Gasteiger partial charge is 0.220 e. The predicted octanol–water partition coefficient (Wildman–Crippen LogP) is 0.812.